The molecule has 3 heteroatoms. The highest BCUT2D eigenvalue weighted by Gasteiger charge is 2.24. The van der Waals surface area contributed by atoms with Gasteiger partial charge in [0, 0.05) is 12.7 Å². The second-order valence-corrected chi connectivity index (χ2v) is 5.71. The van der Waals surface area contributed by atoms with Crippen molar-refractivity contribution < 1.29 is 4.79 Å². The number of hydrogen-bond acceptors (Lipinski definition) is 1. The van der Waals surface area contributed by atoms with Gasteiger partial charge >= 0.3 is 0 Å². The average Bonchev–Trinajstić information content (AvgIpc) is 2.74. The lowest BCUT2D eigenvalue weighted by atomic mass is 10.0. The van der Waals surface area contributed by atoms with Crippen molar-refractivity contribution in [2.45, 2.75) is 11.2 Å². The molecule has 0 aromatic heterocycles. The van der Waals surface area contributed by atoms with Crippen LogP contribution < -0.4 is 4.90 Å². The Balaban J connectivity index is 1.96. The maximum Gasteiger partial charge on any atom is 0.231 e. The van der Waals surface area contributed by atoms with Gasteiger partial charge in [-0.05, 0) is 22.8 Å². The van der Waals surface area contributed by atoms with E-state index in [4.69, 9.17) is 0 Å². The number of amides is 1. The number of nitrogens with zero attached hydrogens (tertiary/aromatic N) is 1. The summed E-state index contributed by atoms with van der Waals surface area (Å²) in [5.74, 6) is 0.165. The molecule has 0 fully saturated rings. The Morgan fingerprint density at radius 1 is 1.11 bits per heavy atom. The van der Waals surface area contributed by atoms with Crippen LogP contribution in [0.25, 0.3) is 0 Å². The molecule has 19 heavy (non-hydrogen) atoms. The molecule has 0 bridgehead atoms. The van der Waals surface area contributed by atoms with Crippen molar-refractivity contribution >= 4 is 27.5 Å². The van der Waals surface area contributed by atoms with Crippen LogP contribution >= 0.6 is 15.9 Å². The van der Waals surface area contributed by atoms with Gasteiger partial charge in [-0.25, -0.2) is 0 Å². The van der Waals surface area contributed by atoms with Crippen LogP contribution in [0.2, 0.25) is 0 Å². The number of carbonyl (C=O) groups excluding carboxylic acids is 1. The molecule has 1 unspecified atom stereocenters. The summed E-state index contributed by atoms with van der Waals surface area (Å²) >= 11 is 3.73. The monoisotopic (exact) mass is 315 g/mol. The van der Waals surface area contributed by atoms with Crippen molar-refractivity contribution in [3.8, 4) is 0 Å². The second-order valence-electron chi connectivity index (χ2n) is 4.79. The van der Waals surface area contributed by atoms with Gasteiger partial charge < -0.3 is 4.90 Å². The first-order valence-electron chi connectivity index (χ1n) is 6.25. The molecule has 0 spiro atoms. The van der Waals surface area contributed by atoms with Gasteiger partial charge in [0.25, 0.3) is 0 Å². The maximum absolute atomic E-state index is 11.7. The lowest BCUT2D eigenvalue weighted by Gasteiger charge is -2.14. The standard InChI is InChI=1S/C16H14BrNO/c1-18-14-8-7-12(9-13(14)10-15(18)19)16(17)11-5-3-2-4-6-11/h2-9,16H,10H2,1H3. The number of benzene rings is 2. The molecule has 1 heterocycles. The number of fused-ring (bicyclic) bond motifs is 1. The number of likely N-dealkylation sites (N-methyl/N-ethyl adjacent to an activating group) is 1. The first-order chi connectivity index (χ1) is 9.16. The van der Waals surface area contributed by atoms with E-state index in [1.54, 1.807) is 4.90 Å². The van der Waals surface area contributed by atoms with Gasteiger partial charge in [-0.3, -0.25) is 4.79 Å². The Labute approximate surface area is 121 Å². The molecule has 1 aliphatic heterocycles. The molecule has 0 radical (unpaired) electrons. The van der Waals surface area contributed by atoms with Crippen molar-refractivity contribution in [1.29, 1.82) is 0 Å². The molecule has 1 atom stereocenters. The Morgan fingerprint density at radius 2 is 1.84 bits per heavy atom. The Hall–Kier alpha value is -1.61. The fourth-order valence-electron chi connectivity index (χ4n) is 2.46. The van der Waals surface area contributed by atoms with Crippen molar-refractivity contribution in [2.24, 2.45) is 0 Å². The molecule has 3 rings (SSSR count). The number of anilines is 1. The number of alkyl halides is 1. The van der Waals surface area contributed by atoms with E-state index in [0.29, 0.717) is 6.42 Å². The van der Waals surface area contributed by atoms with Crippen LogP contribution in [0.1, 0.15) is 21.5 Å². The number of hydrogen-bond donors (Lipinski definition) is 0. The minimum Gasteiger partial charge on any atom is -0.315 e. The van der Waals surface area contributed by atoms with E-state index < -0.39 is 0 Å². The zero-order valence-corrected chi connectivity index (χ0v) is 12.2. The predicted molar refractivity (Wildman–Crippen MR) is 80.8 cm³/mol. The van der Waals surface area contributed by atoms with E-state index in [0.717, 1.165) is 11.3 Å². The summed E-state index contributed by atoms with van der Waals surface area (Å²) in [7, 11) is 1.83. The lowest BCUT2D eigenvalue weighted by molar-refractivity contribution is -0.117. The molecule has 0 saturated carbocycles. The van der Waals surface area contributed by atoms with Gasteiger partial charge in [-0.2, -0.15) is 0 Å². The van der Waals surface area contributed by atoms with E-state index in [1.807, 2.05) is 31.3 Å². The maximum atomic E-state index is 11.7. The fourth-order valence-corrected chi connectivity index (χ4v) is 3.05. The zero-order chi connectivity index (χ0) is 13.4. The van der Waals surface area contributed by atoms with E-state index in [2.05, 4.69) is 40.2 Å². The molecule has 96 valence electrons. The van der Waals surface area contributed by atoms with Crippen LogP contribution in [0, 0.1) is 0 Å². The number of rotatable bonds is 2. The van der Waals surface area contributed by atoms with Crippen molar-refractivity contribution in [1.82, 2.24) is 0 Å². The summed E-state index contributed by atoms with van der Waals surface area (Å²) in [5.41, 5.74) is 4.56. The minimum atomic E-state index is 0.165. The summed E-state index contributed by atoms with van der Waals surface area (Å²) in [6.45, 7) is 0. The molecule has 2 nitrogen and oxygen atoms in total. The summed E-state index contributed by atoms with van der Waals surface area (Å²) in [6.07, 6.45) is 0.508. The number of halogens is 1. The normalized spacial score (nSPS) is 15.5. The number of carbonyl (C=O) groups is 1. The predicted octanol–water partition coefficient (Wildman–Crippen LogP) is 3.69. The Bertz CT molecular complexity index is 624. The summed E-state index contributed by atoms with van der Waals surface area (Å²) in [5, 5.41) is 0. The van der Waals surface area contributed by atoms with Gasteiger partial charge in [0.15, 0.2) is 0 Å². The van der Waals surface area contributed by atoms with Crippen LogP contribution in [-0.2, 0) is 11.2 Å². The average molecular weight is 316 g/mol. The molecule has 0 aliphatic carbocycles. The molecule has 0 N–H and O–H groups in total. The lowest BCUT2D eigenvalue weighted by Crippen LogP contribution is -2.20. The highest BCUT2D eigenvalue weighted by atomic mass is 79.9. The second kappa shape index (κ2) is 4.82. The first-order valence-corrected chi connectivity index (χ1v) is 7.17. The summed E-state index contributed by atoms with van der Waals surface area (Å²) in [6, 6.07) is 16.5. The van der Waals surface area contributed by atoms with Gasteiger partial charge in [-0.15, -0.1) is 0 Å². The van der Waals surface area contributed by atoms with Crippen molar-refractivity contribution in [3.05, 3.63) is 65.2 Å². The highest BCUT2D eigenvalue weighted by Crippen LogP contribution is 2.35. The Kier molecular flexibility index (Phi) is 3.15. The van der Waals surface area contributed by atoms with Gasteiger partial charge in [0.05, 0.1) is 11.2 Å². The van der Waals surface area contributed by atoms with Crippen LogP contribution in [0.15, 0.2) is 48.5 Å². The molecular weight excluding hydrogens is 302 g/mol. The van der Waals surface area contributed by atoms with Crippen molar-refractivity contribution in [2.75, 3.05) is 11.9 Å². The van der Waals surface area contributed by atoms with Crippen LogP contribution in [0.3, 0.4) is 0 Å². The summed E-state index contributed by atoms with van der Waals surface area (Å²) in [4.78, 5) is 13.6. The van der Waals surface area contributed by atoms with Gasteiger partial charge in [-0.1, -0.05) is 58.4 Å². The third-order valence-corrected chi connectivity index (χ3v) is 4.62. The van der Waals surface area contributed by atoms with Crippen LogP contribution in [0.4, 0.5) is 5.69 Å². The minimum absolute atomic E-state index is 0.165. The third-order valence-electron chi connectivity index (χ3n) is 3.57. The van der Waals surface area contributed by atoms with Crippen LogP contribution in [0.5, 0.6) is 0 Å². The molecule has 2 aromatic carbocycles. The summed E-state index contributed by atoms with van der Waals surface area (Å²) < 4.78 is 0. The van der Waals surface area contributed by atoms with E-state index in [-0.39, 0.29) is 10.7 Å². The van der Waals surface area contributed by atoms with Gasteiger partial charge in [0.1, 0.15) is 0 Å². The third kappa shape index (κ3) is 2.19. The zero-order valence-electron chi connectivity index (χ0n) is 10.6. The first kappa shape index (κ1) is 12.4. The molecule has 2 aromatic rings. The SMILES string of the molecule is CN1C(=O)Cc2cc(C(Br)c3ccccc3)ccc21. The van der Waals surface area contributed by atoms with Crippen LogP contribution in [-0.4, -0.2) is 13.0 Å². The van der Waals surface area contributed by atoms with Gasteiger partial charge in [0.2, 0.25) is 5.91 Å². The smallest absolute Gasteiger partial charge is 0.231 e. The Morgan fingerprint density at radius 3 is 2.58 bits per heavy atom. The van der Waals surface area contributed by atoms with E-state index in [1.165, 1.54) is 11.1 Å². The highest BCUT2D eigenvalue weighted by molar-refractivity contribution is 9.09. The molecule has 0 saturated heterocycles. The molecule has 1 aliphatic rings. The van der Waals surface area contributed by atoms with E-state index >= 15 is 0 Å². The topological polar surface area (TPSA) is 20.3 Å². The molecular formula is C16H14BrNO. The fraction of sp³-hybridized carbons (Fsp3) is 0.188. The van der Waals surface area contributed by atoms with E-state index in [9.17, 15) is 4.79 Å². The quantitative estimate of drug-likeness (QED) is 0.774. The largest absolute Gasteiger partial charge is 0.315 e. The van der Waals surface area contributed by atoms with Crippen molar-refractivity contribution in [3.63, 3.8) is 0 Å². The molecule has 1 amide bonds.